The molecule has 6 heteroatoms. The highest BCUT2D eigenvalue weighted by atomic mass is 16.1. The van der Waals surface area contributed by atoms with Crippen molar-refractivity contribution >= 4 is 5.52 Å². The Morgan fingerprint density at radius 1 is 1.41 bits per heavy atom. The molecular formula is C11H9N5O. The Labute approximate surface area is 96.0 Å². The Hall–Kier alpha value is -2.50. The molecule has 0 aliphatic rings. The average Bonchev–Trinajstić information content (AvgIpc) is 2.69. The van der Waals surface area contributed by atoms with Crippen LogP contribution in [0.25, 0.3) is 16.9 Å². The van der Waals surface area contributed by atoms with Gasteiger partial charge in [0.2, 0.25) is 0 Å². The largest absolute Gasteiger partial charge is 0.290 e. The Morgan fingerprint density at radius 2 is 2.29 bits per heavy atom. The SMILES string of the molecule is Cc1nc(-c2cccnc2)n2cn[nH]c(=O)c12. The molecule has 0 saturated heterocycles. The number of aryl methyl sites for hydroxylation is 1. The van der Waals surface area contributed by atoms with Gasteiger partial charge in [-0.25, -0.2) is 10.1 Å². The number of hydrogen-bond donors (Lipinski definition) is 1. The molecule has 0 radical (unpaired) electrons. The predicted molar refractivity (Wildman–Crippen MR) is 61.6 cm³/mol. The molecule has 3 aromatic heterocycles. The van der Waals surface area contributed by atoms with Gasteiger partial charge >= 0.3 is 0 Å². The van der Waals surface area contributed by atoms with Gasteiger partial charge in [-0.2, -0.15) is 5.10 Å². The molecule has 3 rings (SSSR count). The number of fused-ring (bicyclic) bond motifs is 1. The summed E-state index contributed by atoms with van der Waals surface area (Å²) in [4.78, 5) is 20.1. The first-order valence-corrected chi connectivity index (χ1v) is 5.10. The van der Waals surface area contributed by atoms with Crippen molar-refractivity contribution in [2.24, 2.45) is 0 Å². The van der Waals surface area contributed by atoms with Crippen LogP contribution < -0.4 is 5.56 Å². The number of pyridine rings is 1. The minimum absolute atomic E-state index is 0.243. The molecule has 0 amide bonds. The van der Waals surface area contributed by atoms with Crippen molar-refractivity contribution in [2.45, 2.75) is 6.92 Å². The van der Waals surface area contributed by atoms with Crippen LogP contribution in [-0.4, -0.2) is 24.6 Å². The lowest BCUT2D eigenvalue weighted by molar-refractivity contribution is 0.919. The maximum atomic E-state index is 11.6. The Kier molecular flexibility index (Phi) is 2.01. The molecule has 0 aromatic carbocycles. The molecule has 84 valence electrons. The van der Waals surface area contributed by atoms with Gasteiger partial charge in [0.15, 0.2) is 0 Å². The fraction of sp³-hybridized carbons (Fsp3) is 0.0909. The molecule has 0 fully saturated rings. The molecule has 0 unspecified atom stereocenters. The van der Waals surface area contributed by atoms with Crippen LogP contribution in [0.5, 0.6) is 0 Å². The second-order valence-electron chi connectivity index (χ2n) is 3.67. The van der Waals surface area contributed by atoms with E-state index in [1.807, 2.05) is 12.1 Å². The minimum atomic E-state index is -0.243. The van der Waals surface area contributed by atoms with E-state index < -0.39 is 0 Å². The van der Waals surface area contributed by atoms with E-state index in [1.165, 1.54) is 0 Å². The lowest BCUT2D eigenvalue weighted by atomic mass is 10.3. The third-order valence-corrected chi connectivity index (χ3v) is 2.56. The predicted octanol–water partition coefficient (Wildman–Crippen LogP) is 0.788. The molecule has 1 N–H and O–H groups in total. The molecule has 0 bridgehead atoms. The second-order valence-corrected chi connectivity index (χ2v) is 3.67. The highest BCUT2D eigenvalue weighted by Crippen LogP contribution is 2.18. The van der Waals surface area contributed by atoms with E-state index in [1.54, 1.807) is 30.0 Å². The van der Waals surface area contributed by atoms with E-state index in [2.05, 4.69) is 20.2 Å². The van der Waals surface area contributed by atoms with E-state index >= 15 is 0 Å². The van der Waals surface area contributed by atoms with Crippen LogP contribution in [0.1, 0.15) is 5.69 Å². The first-order chi connectivity index (χ1) is 8.27. The lowest BCUT2D eigenvalue weighted by Gasteiger charge is -1.98. The quantitative estimate of drug-likeness (QED) is 0.666. The summed E-state index contributed by atoms with van der Waals surface area (Å²) in [7, 11) is 0. The number of nitrogens with one attached hydrogen (secondary N) is 1. The van der Waals surface area contributed by atoms with Crippen molar-refractivity contribution in [3.8, 4) is 11.4 Å². The van der Waals surface area contributed by atoms with Gasteiger partial charge in [-0.1, -0.05) is 0 Å². The number of aromatic amines is 1. The molecular weight excluding hydrogens is 218 g/mol. The number of imidazole rings is 1. The van der Waals surface area contributed by atoms with E-state index in [4.69, 9.17) is 0 Å². The van der Waals surface area contributed by atoms with Crippen LogP contribution in [0.15, 0.2) is 35.6 Å². The van der Waals surface area contributed by atoms with Crippen molar-refractivity contribution in [1.29, 1.82) is 0 Å². The highest BCUT2D eigenvalue weighted by Gasteiger charge is 2.12. The zero-order valence-electron chi connectivity index (χ0n) is 9.08. The van der Waals surface area contributed by atoms with Gasteiger partial charge in [-0.3, -0.25) is 14.2 Å². The van der Waals surface area contributed by atoms with E-state index in [9.17, 15) is 4.79 Å². The third-order valence-electron chi connectivity index (χ3n) is 2.56. The Morgan fingerprint density at radius 3 is 3.06 bits per heavy atom. The van der Waals surface area contributed by atoms with Crippen molar-refractivity contribution in [3.63, 3.8) is 0 Å². The smallest absolute Gasteiger partial charge is 0.276 e. The monoisotopic (exact) mass is 227 g/mol. The van der Waals surface area contributed by atoms with E-state index in [0.29, 0.717) is 17.0 Å². The van der Waals surface area contributed by atoms with Gasteiger partial charge in [0.25, 0.3) is 5.56 Å². The second kappa shape index (κ2) is 3.51. The van der Waals surface area contributed by atoms with Gasteiger partial charge in [-0.15, -0.1) is 0 Å². The molecule has 0 aliphatic heterocycles. The van der Waals surface area contributed by atoms with Crippen LogP contribution in [0.2, 0.25) is 0 Å². The van der Waals surface area contributed by atoms with Gasteiger partial charge in [-0.05, 0) is 19.1 Å². The standard InChI is InChI=1S/C11H9N5O/c1-7-9-11(17)15-13-6-16(9)10(14-7)8-3-2-4-12-5-8/h2-6H,1H3,(H,15,17). The van der Waals surface area contributed by atoms with E-state index in [-0.39, 0.29) is 5.56 Å². The average molecular weight is 227 g/mol. The summed E-state index contributed by atoms with van der Waals surface area (Å²) < 4.78 is 1.67. The van der Waals surface area contributed by atoms with Crippen molar-refractivity contribution in [2.75, 3.05) is 0 Å². The van der Waals surface area contributed by atoms with Gasteiger partial charge in [0.05, 0.1) is 5.69 Å². The zero-order valence-corrected chi connectivity index (χ0v) is 9.08. The number of hydrogen-bond acceptors (Lipinski definition) is 4. The summed E-state index contributed by atoms with van der Waals surface area (Å²) in [5, 5.41) is 6.17. The van der Waals surface area contributed by atoms with Crippen molar-refractivity contribution in [3.05, 3.63) is 46.9 Å². The normalized spacial score (nSPS) is 10.9. The first-order valence-electron chi connectivity index (χ1n) is 5.10. The Balaban J connectivity index is 2.40. The molecule has 0 saturated carbocycles. The van der Waals surface area contributed by atoms with Crippen LogP contribution in [0.4, 0.5) is 0 Å². The summed E-state index contributed by atoms with van der Waals surface area (Å²) in [6, 6.07) is 3.72. The van der Waals surface area contributed by atoms with Crippen LogP contribution in [0.3, 0.4) is 0 Å². The third kappa shape index (κ3) is 1.42. The van der Waals surface area contributed by atoms with Crippen molar-refractivity contribution < 1.29 is 0 Å². The molecule has 6 nitrogen and oxygen atoms in total. The highest BCUT2D eigenvalue weighted by molar-refractivity contribution is 5.63. The van der Waals surface area contributed by atoms with Gasteiger partial charge < -0.3 is 0 Å². The Bertz CT molecular complexity index is 728. The topological polar surface area (TPSA) is 75.9 Å². The maximum Gasteiger partial charge on any atom is 0.290 e. The summed E-state index contributed by atoms with van der Waals surface area (Å²) in [6.45, 7) is 1.80. The molecule has 0 atom stereocenters. The van der Waals surface area contributed by atoms with Gasteiger partial charge in [0.1, 0.15) is 17.7 Å². The van der Waals surface area contributed by atoms with Crippen LogP contribution in [0, 0.1) is 6.92 Å². The van der Waals surface area contributed by atoms with Gasteiger partial charge in [0, 0.05) is 18.0 Å². The summed E-state index contributed by atoms with van der Waals surface area (Å²) in [5.41, 5.74) is 1.79. The fourth-order valence-electron chi connectivity index (χ4n) is 1.83. The number of aromatic nitrogens is 5. The fourth-order valence-corrected chi connectivity index (χ4v) is 1.83. The molecule has 17 heavy (non-hydrogen) atoms. The number of rotatable bonds is 1. The van der Waals surface area contributed by atoms with E-state index in [0.717, 1.165) is 5.56 Å². The molecule has 0 spiro atoms. The summed E-state index contributed by atoms with van der Waals surface area (Å²) in [6.07, 6.45) is 4.94. The molecule has 0 aliphatic carbocycles. The minimum Gasteiger partial charge on any atom is -0.276 e. The first kappa shape index (κ1) is 9.71. The summed E-state index contributed by atoms with van der Waals surface area (Å²) in [5.74, 6) is 0.671. The van der Waals surface area contributed by atoms with Crippen LogP contribution in [-0.2, 0) is 0 Å². The number of H-pyrrole nitrogens is 1. The van der Waals surface area contributed by atoms with Crippen molar-refractivity contribution in [1.82, 2.24) is 24.6 Å². The molecule has 3 heterocycles. The van der Waals surface area contributed by atoms with Crippen LogP contribution >= 0.6 is 0 Å². The zero-order chi connectivity index (χ0) is 11.8. The number of nitrogens with zero attached hydrogens (tertiary/aromatic N) is 4. The summed E-state index contributed by atoms with van der Waals surface area (Å²) >= 11 is 0. The maximum absolute atomic E-state index is 11.6. The lowest BCUT2D eigenvalue weighted by Crippen LogP contribution is -2.11. The molecule has 3 aromatic rings.